The van der Waals surface area contributed by atoms with Crippen molar-refractivity contribution in [3.05, 3.63) is 121 Å². The lowest BCUT2D eigenvalue weighted by Gasteiger charge is -2.31. The molecule has 0 aliphatic rings. The molecular weight excluding hydrogens is 410 g/mol. The van der Waals surface area contributed by atoms with Gasteiger partial charge in [0.05, 0.1) is 0 Å². The van der Waals surface area contributed by atoms with Crippen LogP contribution in [0.25, 0.3) is 43.4 Å². The highest BCUT2D eigenvalue weighted by molar-refractivity contribution is 6.13. The molecule has 0 radical (unpaired) electrons. The van der Waals surface area contributed by atoms with Crippen molar-refractivity contribution in [1.29, 1.82) is 0 Å². The minimum absolute atomic E-state index is 0.316. The van der Waals surface area contributed by atoms with Crippen LogP contribution in [-0.2, 0) is 0 Å². The van der Waals surface area contributed by atoms with Crippen LogP contribution in [0.2, 0.25) is 0 Å². The van der Waals surface area contributed by atoms with Gasteiger partial charge < -0.3 is 4.90 Å². The van der Waals surface area contributed by atoms with Crippen LogP contribution in [0.15, 0.2) is 121 Å². The highest BCUT2D eigenvalue weighted by Gasteiger charge is 2.17. The summed E-state index contributed by atoms with van der Waals surface area (Å²) < 4.78 is 0. The predicted octanol–water partition coefficient (Wildman–Crippen LogP) is 9.36. The molecule has 6 aromatic carbocycles. The van der Waals surface area contributed by atoms with Crippen LogP contribution in [0, 0.1) is 0 Å². The number of hydrogen-bond donors (Lipinski definition) is 0. The van der Waals surface area contributed by atoms with Gasteiger partial charge in [-0.1, -0.05) is 97.1 Å². The average Bonchev–Trinajstić information content (AvgIpc) is 2.89. The number of hydrogen-bond acceptors (Lipinski definition) is 1. The van der Waals surface area contributed by atoms with Crippen molar-refractivity contribution in [2.75, 3.05) is 4.90 Å². The topological polar surface area (TPSA) is 3.24 Å². The third-order valence-corrected chi connectivity index (χ3v) is 6.75. The molecule has 0 unspecified atom stereocenters. The summed E-state index contributed by atoms with van der Waals surface area (Å²) >= 11 is 0. The zero-order valence-electron chi connectivity index (χ0n) is 19.6. The second kappa shape index (κ2) is 8.35. The molecule has 6 rings (SSSR count). The minimum Gasteiger partial charge on any atom is -0.338 e. The smallest absolute Gasteiger partial charge is 0.0499 e. The lowest BCUT2D eigenvalue weighted by Crippen LogP contribution is -2.25. The molecule has 0 aliphatic heterocycles. The van der Waals surface area contributed by atoms with Gasteiger partial charge in [-0.05, 0) is 76.2 Å². The molecule has 0 aromatic heterocycles. The van der Waals surface area contributed by atoms with Crippen molar-refractivity contribution in [2.24, 2.45) is 0 Å². The zero-order valence-corrected chi connectivity index (χ0v) is 19.6. The molecule has 1 heteroatoms. The molecular formula is C33H27N. The number of rotatable bonds is 4. The van der Waals surface area contributed by atoms with Crippen molar-refractivity contribution in [1.82, 2.24) is 0 Å². The lowest BCUT2D eigenvalue weighted by molar-refractivity contribution is 0.792. The van der Waals surface area contributed by atoms with Gasteiger partial charge >= 0.3 is 0 Å². The van der Waals surface area contributed by atoms with E-state index in [1.807, 2.05) is 0 Å². The van der Waals surface area contributed by atoms with Crippen LogP contribution in [0.1, 0.15) is 13.8 Å². The number of benzene rings is 6. The van der Waals surface area contributed by atoms with E-state index in [-0.39, 0.29) is 0 Å². The highest BCUT2D eigenvalue weighted by Crippen LogP contribution is 2.39. The summed E-state index contributed by atoms with van der Waals surface area (Å²) in [5.74, 6) is 0. The molecule has 164 valence electrons. The summed E-state index contributed by atoms with van der Waals surface area (Å²) in [4.78, 5) is 2.46. The molecule has 0 aliphatic carbocycles. The van der Waals surface area contributed by atoms with Crippen molar-refractivity contribution >= 4 is 43.7 Å². The van der Waals surface area contributed by atoms with E-state index in [0.29, 0.717) is 6.04 Å². The van der Waals surface area contributed by atoms with Gasteiger partial charge in [-0.15, -0.1) is 0 Å². The Morgan fingerprint density at radius 2 is 1.06 bits per heavy atom. The Morgan fingerprint density at radius 1 is 0.471 bits per heavy atom. The predicted molar refractivity (Wildman–Crippen MR) is 148 cm³/mol. The first-order valence-electron chi connectivity index (χ1n) is 12.0. The van der Waals surface area contributed by atoms with E-state index in [1.165, 1.54) is 54.8 Å². The maximum atomic E-state index is 2.46. The van der Waals surface area contributed by atoms with Gasteiger partial charge in [-0.25, -0.2) is 0 Å². The third-order valence-electron chi connectivity index (χ3n) is 6.75. The quantitative estimate of drug-likeness (QED) is 0.248. The van der Waals surface area contributed by atoms with Crippen LogP contribution in [0.4, 0.5) is 11.4 Å². The Hall–Kier alpha value is -4.10. The average molecular weight is 438 g/mol. The lowest BCUT2D eigenvalue weighted by atomic mass is 9.98. The van der Waals surface area contributed by atoms with E-state index in [4.69, 9.17) is 0 Å². The third kappa shape index (κ3) is 3.50. The van der Waals surface area contributed by atoms with Crippen LogP contribution in [-0.4, -0.2) is 6.04 Å². The molecule has 0 N–H and O–H groups in total. The first-order chi connectivity index (χ1) is 16.7. The fraction of sp³-hybridized carbons (Fsp3) is 0.0909. The van der Waals surface area contributed by atoms with Gasteiger partial charge in [0.2, 0.25) is 0 Å². The number of nitrogens with zero attached hydrogens (tertiary/aromatic N) is 1. The Balaban J connectivity index is 1.46. The van der Waals surface area contributed by atoms with Crippen molar-refractivity contribution in [3.63, 3.8) is 0 Å². The Kier molecular flexibility index (Phi) is 5.04. The second-order valence-electron chi connectivity index (χ2n) is 9.23. The molecule has 0 amide bonds. The fourth-order valence-electron chi connectivity index (χ4n) is 5.13. The Labute approximate surface area is 200 Å². The number of fused-ring (bicyclic) bond motifs is 4. The van der Waals surface area contributed by atoms with Gasteiger partial charge in [0.15, 0.2) is 0 Å². The molecule has 1 nitrogen and oxygen atoms in total. The number of anilines is 2. The summed E-state index contributed by atoms with van der Waals surface area (Å²) in [6.07, 6.45) is 0. The molecule has 0 fully saturated rings. The summed E-state index contributed by atoms with van der Waals surface area (Å²) in [5.41, 5.74) is 4.95. The van der Waals surface area contributed by atoms with Gasteiger partial charge in [0.1, 0.15) is 0 Å². The SMILES string of the molecule is CC(C)N(c1ccc(-c2ccc3ccccc3c2)cc1)c1cc2ccccc2c2ccccc12. The fourth-order valence-corrected chi connectivity index (χ4v) is 5.13. The summed E-state index contributed by atoms with van der Waals surface area (Å²) in [6, 6.07) is 44.4. The molecule has 0 spiro atoms. The summed E-state index contributed by atoms with van der Waals surface area (Å²) in [6.45, 7) is 4.53. The molecule has 0 saturated heterocycles. The van der Waals surface area contributed by atoms with E-state index in [9.17, 15) is 0 Å². The standard InChI is InChI=1S/C33H27N/c1-23(2)34(33-22-28-11-5-6-12-30(28)31-13-7-8-14-32(31)33)29-19-17-25(18-20-29)27-16-15-24-9-3-4-10-26(24)21-27/h3-23H,1-2H3. The Morgan fingerprint density at radius 3 is 1.79 bits per heavy atom. The largest absolute Gasteiger partial charge is 0.338 e. The van der Waals surface area contributed by atoms with Crippen molar-refractivity contribution < 1.29 is 0 Å². The first kappa shape index (κ1) is 20.5. The molecule has 0 heterocycles. The van der Waals surface area contributed by atoms with E-state index >= 15 is 0 Å². The summed E-state index contributed by atoms with van der Waals surface area (Å²) in [7, 11) is 0. The van der Waals surface area contributed by atoms with Gasteiger partial charge in [-0.2, -0.15) is 0 Å². The van der Waals surface area contributed by atoms with E-state index in [2.05, 4.69) is 140 Å². The zero-order chi connectivity index (χ0) is 23.1. The minimum atomic E-state index is 0.316. The maximum absolute atomic E-state index is 2.46. The monoisotopic (exact) mass is 437 g/mol. The second-order valence-corrected chi connectivity index (χ2v) is 9.23. The van der Waals surface area contributed by atoms with Crippen molar-refractivity contribution in [3.8, 4) is 11.1 Å². The maximum Gasteiger partial charge on any atom is 0.0499 e. The van der Waals surface area contributed by atoms with Gasteiger partial charge in [-0.3, -0.25) is 0 Å². The van der Waals surface area contributed by atoms with Crippen LogP contribution in [0.5, 0.6) is 0 Å². The van der Waals surface area contributed by atoms with E-state index in [0.717, 1.165) is 0 Å². The van der Waals surface area contributed by atoms with E-state index in [1.54, 1.807) is 0 Å². The van der Waals surface area contributed by atoms with Crippen LogP contribution < -0.4 is 4.90 Å². The molecule has 0 atom stereocenters. The van der Waals surface area contributed by atoms with Gasteiger partial charge in [0, 0.05) is 22.8 Å². The van der Waals surface area contributed by atoms with Crippen molar-refractivity contribution in [2.45, 2.75) is 19.9 Å². The first-order valence-corrected chi connectivity index (χ1v) is 12.0. The molecule has 34 heavy (non-hydrogen) atoms. The molecule has 0 saturated carbocycles. The molecule has 6 aromatic rings. The summed E-state index contributed by atoms with van der Waals surface area (Å²) in [5, 5.41) is 7.71. The van der Waals surface area contributed by atoms with Crippen LogP contribution in [0.3, 0.4) is 0 Å². The molecule has 0 bridgehead atoms. The van der Waals surface area contributed by atoms with Gasteiger partial charge in [0.25, 0.3) is 0 Å². The normalized spacial score (nSPS) is 11.5. The van der Waals surface area contributed by atoms with Crippen LogP contribution >= 0.6 is 0 Å². The highest BCUT2D eigenvalue weighted by atomic mass is 15.2. The van der Waals surface area contributed by atoms with E-state index < -0.39 is 0 Å². The Bertz CT molecular complexity index is 1630.